The number of amides is 1. The van der Waals surface area contributed by atoms with Crippen LogP contribution in [-0.2, 0) is 21.9 Å². The monoisotopic (exact) mass is 563 g/mol. The Morgan fingerprint density at radius 1 is 1.24 bits per heavy atom. The number of halogens is 2. The highest BCUT2D eigenvalue weighted by Crippen LogP contribution is 2.41. The second-order valence-electron chi connectivity index (χ2n) is 10.2. The molecule has 3 aromatic rings. The first-order valence-corrected chi connectivity index (χ1v) is 14.6. The molecule has 38 heavy (non-hydrogen) atoms. The van der Waals surface area contributed by atoms with Crippen molar-refractivity contribution in [2.75, 3.05) is 13.1 Å². The van der Waals surface area contributed by atoms with E-state index in [1.807, 2.05) is 24.8 Å². The van der Waals surface area contributed by atoms with Crippen molar-refractivity contribution in [2.24, 2.45) is 13.0 Å². The second-order valence-corrected chi connectivity index (χ2v) is 12.9. The number of hydrogen-bond acceptors (Lipinski definition) is 8. The largest absolute Gasteiger partial charge is 0.342 e. The molecule has 1 saturated carbocycles. The quantitative estimate of drug-likeness (QED) is 0.463. The fraction of sp³-hybridized carbons (Fsp3) is 0.542. The summed E-state index contributed by atoms with van der Waals surface area (Å²) in [6, 6.07) is 5.11. The third kappa shape index (κ3) is 4.78. The molecule has 2 aromatic heterocycles. The van der Waals surface area contributed by atoms with Gasteiger partial charge in [-0.15, -0.1) is 10.2 Å². The van der Waals surface area contributed by atoms with Crippen molar-refractivity contribution >= 4 is 38.2 Å². The molecule has 1 aliphatic carbocycles. The lowest BCUT2D eigenvalue weighted by Crippen LogP contribution is -2.40. The lowest BCUT2D eigenvalue weighted by Gasteiger charge is -2.33. The number of fused-ring (bicyclic) bond motifs is 1. The SMILES string of the molecule is CC(C)C(=O)N1CCC(c2cc(S(=O)(=O)NC3(C#N)CC3)cc3c(-c4nnc(C(F)F)s4)nn(C)c23)CC1. The predicted octanol–water partition coefficient (Wildman–Crippen LogP) is 3.73. The summed E-state index contributed by atoms with van der Waals surface area (Å²) in [5.41, 5.74) is 0.558. The van der Waals surface area contributed by atoms with Gasteiger partial charge in [-0.3, -0.25) is 9.48 Å². The third-order valence-electron chi connectivity index (χ3n) is 7.12. The van der Waals surface area contributed by atoms with Crippen LogP contribution in [0.4, 0.5) is 8.78 Å². The molecule has 0 bridgehead atoms. The van der Waals surface area contributed by atoms with Crippen LogP contribution < -0.4 is 4.72 Å². The van der Waals surface area contributed by atoms with Crippen molar-refractivity contribution < 1.29 is 22.0 Å². The summed E-state index contributed by atoms with van der Waals surface area (Å²) in [4.78, 5) is 14.3. The summed E-state index contributed by atoms with van der Waals surface area (Å²) in [6.07, 6.45) is -0.673. The third-order valence-corrected chi connectivity index (χ3v) is 9.57. The van der Waals surface area contributed by atoms with Gasteiger partial charge in [0.25, 0.3) is 6.43 Å². The van der Waals surface area contributed by atoms with E-state index < -0.39 is 27.0 Å². The fourth-order valence-corrected chi connectivity index (χ4v) is 7.06. The van der Waals surface area contributed by atoms with Gasteiger partial charge in [-0.25, -0.2) is 17.2 Å². The van der Waals surface area contributed by atoms with Gasteiger partial charge in [0, 0.05) is 31.4 Å². The van der Waals surface area contributed by atoms with Crippen LogP contribution in [0.3, 0.4) is 0 Å². The predicted molar refractivity (Wildman–Crippen MR) is 136 cm³/mol. The minimum Gasteiger partial charge on any atom is -0.342 e. The van der Waals surface area contributed by atoms with E-state index in [1.165, 1.54) is 6.07 Å². The van der Waals surface area contributed by atoms with E-state index in [4.69, 9.17) is 0 Å². The van der Waals surface area contributed by atoms with Crippen LogP contribution in [0.1, 0.15) is 62.4 Å². The molecule has 10 nitrogen and oxygen atoms in total. The van der Waals surface area contributed by atoms with E-state index in [-0.39, 0.29) is 33.3 Å². The van der Waals surface area contributed by atoms with Crippen molar-refractivity contribution in [1.29, 1.82) is 5.26 Å². The minimum atomic E-state index is -4.08. The lowest BCUT2D eigenvalue weighted by molar-refractivity contribution is -0.135. The Balaban J connectivity index is 1.62. The Morgan fingerprint density at radius 2 is 1.92 bits per heavy atom. The summed E-state index contributed by atoms with van der Waals surface area (Å²) in [6.45, 7) is 4.79. The molecule has 0 spiro atoms. The first-order chi connectivity index (χ1) is 17.9. The number of likely N-dealkylation sites (tertiary alicyclic amines) is 1. The molecule has 0 radical (unpaired) electrons. The standard InChI is InChI=1S/C24H27F2N7O3S2/c1-13(2)23(34)33-8-4-14(5-9-33)16-10-15(38(35,36)31-24(12-27)6-7-24)11-17-18(30-32(3)19(16)17)21-28-29-22(37-21)20(25)26/h10-11,13-14,20,31H,4-9H2,1-3H3. The molecule has 5 rings (SSSR count). The molecular weight excluding hydrogens is 536 g/mol. The average Bonchev–Trinajstić information content (AvgIpc) is 3.31. The molecule has 1 N–H and O–H groups in total. The number of carbonyl (C=O) groups is 1. The Kier molecular flexibility index (Phi) is 6.73. The van der Waals surface area contributed by atoms with Gasteiger partial charge in [-0.2, -0.15) is 15.1 Å². The van der Waals surface area contributed by atoms with Crippen LogP contribution >= 0.6 is 11.3 Å². The summed E-state index contributed by atoms with van der Waals surface area (Å²) in [5.74, 6) is -0.101. The van der Waals surface area contributed by atoms with Gasteiger partial charge in [0.15, 0.2) is 10.0 Å². The zero-order chi connectivity index (χ0) is 27.4. The zero-order valence-corrected chi connectivity index (χ0v) is 22.7. The molecule has 3 heterocycles. The highest BCUT2D eigenvalue weighted by atomic mass is 32.2. The number of aromatic nitrogens is 4. The van der Waals surface area contributed by atoms with E-state index in [1.54, 1.807) is 17.8 Å². The molecule has 14 heteroatoms. The van der Waals surface area contributed by atoms with Crippen molar-refractivity contribution in [1.82, 2.24) is 29.6 Å². The molecule has 1 amide bonds. The maximum atomic E-state index is 13.4. The molecule has 1 aromatic carbocycles. The van der Waals surface area contributed by atoms with Crippen LogP contribution in [0.25, 0.3) is 21.6 Å². The molecule has 0 atom stereocenters. The number of benzene rings is 1. The van der Waals surface area contributed by atoms with E-state index in [0.717, 1.165) is 5.56 Å². The van der Waals surface area contributed by atoms with Crippen LogP contribution in [0.15, 0.2) is 17.0 Å². The van der Waals surface area contributed by atoms with Crippen molar-refractivity contribution in [3.63, 3.8) is 0 Å². The minimum absolute atomic E-state index is 0.0324. The number of nitrogens with one attached hydrogen (secondary N) is 1. The van der Waals surface area contributed by atoms with Crippen LogP contribution in [-0.4, -0.2) is 57.8 Å². The number of aryl methyl sites for hydroxylation is 1. The van der Waals surface area contributed by atoms with Gasteiger partial charge in [-0.1, -0.05) is 25.2 Å². The van der Waals surface area contributed by atoms with Crippen LogP contribution in [0.2, 0.25) is 0 Å². The Morgan fingerprint density at radius 3 is 2.47 bits per heavy atom. The summed E-state index contributed by atoms with van der Waals surface area (Å²) in [5, 5.41) is 21.6. The summed E-state index contributed by atoms with van der Waals surface area (Å²) in [7, 11) is -2.37. The number of nitriles is 1. The average molecular weight is 564 g/mol. The van der Waals surface area contributed by atoms with Crippen molar-refractivity contribution in [3.8, 4) is 16.8 Å². The molecular formula is C24H27F2N7O3S2. The van der Waals surface area contributed by atoms with Crippen LogP contribution in [0.5, 0.6) is 0 Å². The van der Waals surface area contributed by atoms with Gasteiger partial charge in [0.2, 0.25) is 15.9 Å². The van der Waals surface area contributed by atoms with Crippen molar-refractivity contribution in [3.05, 3.63) is 22.7 Å². The number of sulfonamides is 1. The second kappa shape index (κ2) is 9.62. The summed E-state index contributed by atoms with van der Waals surface area (Å²) < 4.78 is 57.4. The topological polar surface area (TPSA) is 134 Å². The highest BCUT2D eigenvalue weighted by molar-refractivity contribution is 7.89. The Hall–Kier alpha value is -3.02. The first kappa shape index (κ1) is 26.6. The van der Waals surface area contributed by atoms with Gasteiger partial charge >= 0.3 is 0 Å². The maximum Gasteiger partial charge on any atom is 0.291 e. The molecule has 2 aliphatic rings. The number of piperidine rings is 1. The Labute approximate surface area is 222 Å². The molecule has 1 aliphatic heterocycles. The number of alkyl halides is 2. The van der Waals surface area contributed by atoms with Gasteiger partial charge in [0.1, 0.15) is 11.2 Å². The smallest absolute Gasteiger partial charge is 0.291 e. The maximum absolute atomic E-state index is 13.4. The number of carbonyl (C=O) groups excluding carboxylic acids is 1. The normalized spacial score (nSPS) is 17.9. The lowest BCUT2D eigenvalue weighted by atomic mass is 9.87. The molecule has 1 saturated heterocycles. The van der Waals surface area contributed by atoms with Gasteiger partial charge in [0.05, 0.1) is 16.5 Å². The first-order valence-electron chi connectivity index (χ1n) is 12.3. The van der Waals surface area contributed by atoms with E-state index in [0.29, 0.717) is 61.0 Å². The molecule has 0 unspecified atom stereocenters. The van der Waals surface area contributed by atoms with Gasteiger partial charge in [-0.05, 0) is 49.3 Å². The molecule has 2 fully saturated rings. The highest BCUT2D eigenvalue weighted by Gasteiger charge is 2.47. The summed E-state index contributed by atoms with van der Waals surface area (Å²) >= 11 is 0.706. The van der Waals surface area contributed by atoms with E-state index >= 15 is 0 Å². The fourth-order valence-electron chi connectivity index (χ4n) is 4.92. The zero-order valence-electron chi connectivity index (χ0n) is 21.1. The molecule has 202 valence electrons. The van der Waals surface area contributed by atoms with E-state index in [2.05, 4.69) is 20.0 Å². The number of nitrogens with zero attached hydrogens (tertiary/aromatic N) is 6. The van der Waals surface area contributed by atoms with Crippen LogP contribution in [0, 0.1) is 17.2 Å². The van der Waals surface area contributed by atoms with Gasteiger partial charge < -0.3 is 4.90 Å². The van der Waals surface area contributed by atoms with E-state index in [9.17, 15) is 27.3 Å². The number of hydrogen-bond donors (Lipinski definition) is 1. The van der Waals surface area contributed by atoms with Crippen molar-refractivity contribution in [2.45, 2.75) is 62.3 Å². The Bertz CT molecular complexity index is 1550. The number of rotatable bonds is 7.